The van der Waals surface area contributed by atoms with E-state index < -0.39 is 0 Å². The predicted molar refractivity (Wildman–Crippen MR) is 101 cm³/mol. The monoisotopic (exact) mass is 376 g/mol. The summed E-state index contributed by atoms with van der Waals surface area (Å²) in [5.74, 6) is -0.0964. The van der Waals surface area contributed by atoms with Crippen LogP contribution in [0.5, 0.6) is 5.88 Å². The van der Waals surface area contributed by atoms with E-state index in [2.05, 4.69) is 0 Å². The van der Waals surface area contributed by atoms with E-state index in [0.29, 0.717) is 27.8 Å². The Morgan fingerprint density at radius 1 is 1.04 bits per heavy atom. The van der Waals surface area contributed by atoms with E-state index in [1.165, 1.54) is 4.57 Å². The molecule has 130 valence electrons. The molecule has 0 saturated carbocycles. The maximum Gasteiger partial charge on any atom is 0.336 e. The van der Waals surface area contributed by atoms with Crippen molar-refractivity contribution in [3.8, 4) is 11.6 Å². The molecule has 0 aliphatic rings. The molecule has 4 nitrogen and oxygen atoms in total. The van der Waals surface area contributed by atoms with Gasteiger partial charge in [-0.25, -0.2) is 9.36 Å². The second-order valence-corrected chi connectivity index (χ2v) is 7.01. The normalized spacial score (nSPS) is 11.2. The molecule has 0 radical (unpaired) electrons. The van der Waals surface area contributed by atoms with Gasteiger partial charge in [0.1, 0.15) is 0 Å². The van der Waals surface area contributed by atoms with Crippen molar-refractivity contribution >= 4 is 23.2 Å². The zero-order valence-corrected chi connectivity index (χ0v) is 15.4. The van der Waals surface area contributed by atoms with Crippen molar-refractivity contribution in [1.29, 1.82) is 0 Å². The maximum atomic E-state index is 12.9. The first-order valence-electron chi connectivity index (χ1n) is 7.94. The molecule has 0 saturated heterocycles. The summed E-state index contributed by atoms with van der Waals surface area (Å²) < 4.78 is 2.84. The van der Waals surface area contributed by atoms with E-state index in [0.717, 1.165) is 5.56 Å². The number of aromatic nitrogens is 2. The lowest BCUT2D eigenvalue weighted by Gasteiger charge is -2.10. The van der Waals surface area contributed by atoms with Gasteiger partial charge in [0, 0.05) is 22.5 Å². The SMILES string of the molecule is CC(C)n1c(Cc2ccccc2)c(O)n(-c2cc(Cl)cc(Cl)c2)c1=O. The summed E-state index contributed by atoms with van der Waals surface area (Å²) in [6.45, 7) is 3.81. The molecule has 25 heavy (non-hydrogen) atoms. The number of benzene rings is 2. The van der Waals surface area contributed by atoms with Gasteiger partial charge in [0.15, 0.2) is 0 Å². The summed E-state index contributed by atoms with van der Waals surface area (Å²) in [6, 6.07) is 14.4. The fraction of sp³-hybridized carbons (Fsp3) is 0.211. The smallest absolute Gasteiger partial charge is 0.336 e. The zero-order valence-electron chi connectivity index (χ0n) is 13.9. The summed E-state index contributed by atoms with van der Waals surface area (Å²) in [5, 5.41) is 11.6. The second-order valence-electron chi connectivity index (χ2n) is 6.14. The van der Waals surface area contributed by atoms with Crippen LogP contribution in [-0.4, -0.2) is 14.2 Å². The highest BCUT2D eigenvalue weighted by Crippen LogP contribution is 2.28. The molecule has 0 unspecified atom stereocenters. The van der Waals surface area contributed by atoms with Crippen molar-refractivity contribution in [2.45, 2.75) is 26.3 Å². The third kappa shape index (κ3) is 3.46. The van der Waals surface area contributed by atoms with Crippen molar-refractivity contribution in [3.63, 3.8) is 0 Å². The first kappa shape index (κ1) is 17.6. The quantitative estimate of drug-likeness (QED) is 0.709. The fourth-order valence-electron chi connectivity index (χ4n) is 2.94. The summed E-state index contributed by atoms with van der Waals surface area (Å²) in [4.78, 5) is 12.9. The lowest BCUT2D eigenvalue weighted by atomic mass is 10.1. The molecule has 0 amide bonds. The van der Waals surface area contributed by atoms with Crippen molar-refractivity contribution in [1.82, 2.24) is 9.13 Å². The Labute approximate surface area is 155 Å². The lowest BCUT2D eigenvalue weighted by molar-refractivity contribution is 0.433. The van der Waals surface area contributed by atoms with Gasteiger partial charge in [-0.3, -0.25) is 4.57 Å². The zero-order chi connectivity index (χ0) is 18.1. The number of rotatable bonds is 4. The molecule has 1 aromatic heterocycles. The third-order valence-corrected chi connectivity index (χ3v) is 4.43. The minimum Gasteiger partial charge on any atom is -0.493 e. The predicted octanol–water partition coefficient (Wildman–Crippen LogP) is 4.82. The van der Waals surface area contributed by atoms with Crippen LogP contribution in [0, 0.1) is 0 Å². The maximum absolute atomic E-state index is 12.9. The van der Waals surface area contributed by atoms with Crippen molar-refractivity contribution in [2.24, 2.45) is 0 Å². The number of hydrogen-bond acceptors (Lipinski definition) is 2. The molecule has 0 fully saturated rings. The Balaban J connectivity index is 2.21. The van der Waals surface area contributed by atoms with Crippen molar-refractivity contribution < 1.29 is 5.11 Å². The molecule has 0 atom stereocenters. The average molecular weight is 377 g/mol. The van der Waals surface area contributed by atoms with E-state index in [-0.39, 0.29) is 17.6 Å². The second kappa shape index (κ2) is 6.98. The van der Waals surface area contributed by atoms with Gasteiger partial charge in [0.05, 0.1) is 11.4 Å². The lowest BCUT2D eigenvalue weighted by Crippen LogP contribution is -2.25. The van der Waals surface area contributed by atoms with Gasteiger partial charge in [-0.15, -0.1) is 0 Å². The standard InChI is InChI=1S/C19H18Cl2N2O2/c1-12(2)22-17(8-13-6-4-3-5-7-13)18(24)23(19(22)25)16-10-14(20)9-15(21)11-16/h3-7,9-12,24H,8H2,1-2H3. The van der Waals surface area contributed by atoms with Gasteiger partial charge in [0.25, 0.3) is 0 Å². The van der Waals surface area contributed by atoms with E-state index >= 15 is 0 Å². The largest absolute Gasteiger partial charge is 0.493 e. The first-order chi connectivity index (χ1) is 11.9. The van der Waals surface area contributed by atoms with Crippen LogP contribution in [0.15, 0.2) is 53.3 Å². The molecular weight excluding hydrogens is 359 g/mol. The Morgan fingerprint density at radius 2 is 1.64 bits per heavy atom. The van der Waals surface area contributed by atoms with Crippen LogP contribution in [0.2, 0.25) is 10.0 Å². The molecule has 0 spiro atoms. The number of nitrogens with zero attached hydrogens (tertiary/aromatic N) is 2. The van der Waals surface area contributed by atoms with E-state index in [1.54, 1.807) is 22.8 Å². The van der Waals surface area contributed by atoms with Gasteiger partial charge < -0.3 is 5.11 Å². The molecule has 0 aliphatic heterocycles. The number of aromatic hydroxyl groups is 1. The third-order valence-electron chi connectivity index (χ3n) is 3.99. The Morgan fingerprint density at radius 3 is 2.20 bits per heavy atom. The van der Waals surface area contributed by atoms with Crippen molar-refractivity contribution in [3.05, 3.63) is 80.3 Å². The summed E-state index contributed by atoms with van der Waals surface area (Å²) in [7, 11) is 0. The molecular formula is C19H18Cl2N2O2. The summed E-state index contributed by atoms with van der Waals surface area (Å²) in [6.07, 6.45) is 0.446. The van der Waals surface area contributed by atoms with Crippen LogP contribution < -0.4 is 5.69 Å². The van der Waals surface area contributed by atoms with Crippen LogP contribution in [0.25, 0.3) is 5.69 Å². The van der Waals surface area contributed by atoms with Crippen LogP contribution in [0.1, 0.15) is 31.1 Å². The fourth-order valence-corrected chi connectivity index (χ4v) is 3.45. The average Bonchev–Trinajstić information content (AvgIpc) is 2.78. The highest BCUT2D eigenvalue weighted by Gasteiger charge is 2.22. The van der Waals surface area contributed by atoms with Gasteiger partial charge in [-0.05, 0) is 37.6 Å². The summed E-state index contributed by atoms with van der Waals surface area (Å²) >= 11 is 12.1. The molecule has 3 rings (SSSR count). The number of imidazole rings is 1. The Bertz CT molecular complexity index is 939. The first-order valence-corrected chi connectivity index (χ1v) is 8.69. The molecule has 2 aromatic carbocycles. The van der Waals surface area contributed by atoms with Crippen molar-refractivity contribution in [2.75, 3.05) is 0 Å². The molecule has 1 N–H and O–H groups in total. The van der Waals surface area contributed by atoms with Crippen LogP contribution >= 0.6 is 23.2 Å². The number of halogens is 2. The van der Waals surface area contributed by atoms with Crippen LogP contribution in [0.3, 0.4) is 0 Å². The minimum absolute atomic E-state index is 0.0964. The highest BCUT2D eigenvalue weighted by molar-refractivity contribution is 6.34. The van der Waals surface area contributed by atoms with Crippen LogP contribution in [0.4, 0.5) is 0 Å². The molecule has 3 aromatic rings. The van der Waals surface area contributed by atoms with E-state index in [4.69, 9.17) is 23.2 Å². The van der Waals surface area contributed by atoms with E-state index in [9.17, 15) is 9.90 Å². The van der Waals surface area contributed by atoms with Crippen LogP contribution in [-0.2, 0) is 6.42 Å². The highest BCUT2D eigenvalue weighted by atomic mass is 35.5. The Hall–Kier alpha value is -2.17. The summed E-state index contributed by atoms with van der Waals surface area (Å²) in [5.41, 5.74) is 1.68. The topological polar surface area (TPSA) is 47.2 Å². The minimum atomic E-state index is -0.322. The van der Waals surface area contributed by atoms with Gasteiger partial charge in [-0.2, -0.15) is 0 Å². The molecule has 0 aliphatic carbocycles. The van der Waals surface area contributed by atoms with Gasteiger partial charge in [0.2, 0.25) is 5.88 Å². The van der Waals surface area contributed by atoms with Gasteiger partial charge >= 0.3 is 5.69 Å². The molecule has 0 bridgehead atoms. The molecule has 1 heterocycles. The Kier molecular flexibility index (Phi) is 4.93. The molecule has 6 heteroatoms. The van der Waals surface area contributed by atoms with E-state index in [1.807, 2.05) is 44.2 Å². The van der Waals surface area contributed by atoms with Gasteiger partial charge in [-0.1, -0.05) is 53.5 Å². The number of hydrogen-bond donors (Lipinski definition) is 1.